The number of aromatic nitrogens is 1. The van der Waals surface area contributed by atoms with Gasteiger partial charge in [0, 0.05) is 30.5 Å². The van der Waals surface area contributed by atoms with Gasteiger partial charge in [0.25, 0.3) is 5.91 Å². The molecule has 1 aromatic carbocycles. The maximum absolute atomic E-state index is 11.8. The van der Waals surface area contributed by atoms with Gasteiger partial charge in [0.05, 0.1) is 0 Å². The number of rotatable bonds is 5. The molecule has 3 N–H and O–H groups in total. The summed E-state index contributed by atoms with van der Waals surface area (Å²) in [6.07, 6.45) is 3.91. The van der Waals surface area contributed by atoms with Crippen LogP contribution in [-0.4, -0.2) is 17.4 Å². The Morgan fingerprint density at radius 3 is 2.53 bits per heavy atom. The molecule has 4 nitrogen and oxygen atoms in total. The van der Waals surface area contributed by atoms with E-state index >= 15 is 0 Å². The highest BCUT2D eigenvalue weighted by Crippen LogP contribution is 2.12. The highest BCUT2D eigenvalue weighted by molar-refractivity contribution is 5.93. The lowest BCUT2D eigenvalue weighted by Crippen LogP contribution is -2.27. The van der Waals surface area contributed by atoms with E-state index in [9.17, 15) is 4.79 Å². The number of hydrogen-bond acceptors (Lipinski definition) is 3. The molecule has 98 valence electrons. The fourth-order valence-corrected chi connectivity index (χ4v) is 1.81. The zero-order valence-electron chi connectivity index (χ0n) is 10.6. The molecule has 1 unspecified atom stereocenters. The van der Waals surface area contributed by atoms with E-state index in [0.717, 1.165) is 5.56 Å². The average Bonchev–Trinajstić information content (AvgIpc) is 2.49. The SMILES string of the molecule is NC(CCNC(=O)c1ccncc1)c1ccccc1. The summed E-state index contributed by atoms with van der Waals surface area (Å²) in [7, 11) is 0. The first kappa shape index (κ1) is 13.2. The smallest absolute Gasteiger partial charge is 0.251 e. The molecule has 0 aliphatic carbocycles. The van der Waals surface area contributed by atoms with Gasteiger partial charge in [0.2, 0.25) is 0 Å². The second-order valence-electron chi connectivity index (χ2n) is 4.30. The van der Waals surface area contributed by atoms with Gasteiger partial charge < -0.3 is 11.1 Å². The third kappa shape index (κ3) is 3.89. The molecule has 0 spiro atoms. The Labute approximate surface area is 112 Å². The lowest BCUT2D eigenvalue weighted by atomic mass is 10.1. The molecule has 0 aliphatic rings. The fourth-order valence-electron chi connectivity index (χ4n) is 1.81. The van der Waals surface area contributed by atoms with E-state index in [1.165, 1.54) is 0 Å². The molecule has 0 radical (unpaired) electrons. The zero-order chi connectivity index (χ0) is 13.5. The molecule has 1 atom stereocenters. The van der Waals surface area contributed by atoms with Gasteiger partial charge >= 0.3 is 0 Å². The maximum Gasteiger partial charge on any atom is 0.251 e. The number of benzene rings is 1. The van der Waals surface area contributed by atoms with Crippen LogP contribution in [-0.2, 0) is 0 Å². The van der Waals surface area contributed by atoms with Crippen molar-refractivity contribution in [2.75, 3.05) is 6.54 Å². The minimum Gasteiger partial charge on any atom is -0.352 e. The molecule has 4 heteroatoms. The van der Waals surface area contributed by atoms with Gasteiger partial charge in [-0.05, 0) is 24.1 Å². The summed E-state index contributed by atoms with van der Waals surface area (Å²) in [4.78, 5) is 15.7. The van der Waals surface area contributed by atoms with Crippen molar-refractivity contribution >= 4 is 5.91 Å². The third-order valence-corrected chi connectivity index (χ3v) is 2.91. The van der Waals surface area contributed by atoms with Crippen molar-refractivity contribution in [3.8, 4) is 0 Å². The van der Waals surface area contributed by atoms with Gasteiger partial charge in [-0.3, -0.25) is 9.78 Å². The number of carbonyl (C=O) groups excluding carboxylic acids is 1. The quantitative estimate of drug-likeness (QED) is 0.857. The van der Waals surface area contributed by atoms with E-state index in [2.05, 4.69) is 10.3 Å². The van der Waals surface area contributed by atoms with E-state index in [4.69, 9.17) is 5.73 Å². The Balaban J connectivity index is 1.79. The Morgan fingerprint density at radius 1 is 1.16 bits per heavy atom. The fraction of sp³-hybridized carbons (Fsp3) is 0.200. The number of hydrogen-bond donors (Lipinski definition) is 2. The molecule has 1 amide bonds. The van der Waals surface area contributed by atoms with Crippen molar-refractivity contribution in [2.45, 2.75) is 12.5 Å². The van der Waals surface area contributed by atoms with Crippen LogP contribution < -0.4 is 11.1 Å². The van der Waals surface area contributed by atoms with Crippen molar-refractivity contribution in [3.05, 3.63) is 66.0 Å². The van der Waals surface area contributed by atoms with Crippen molar-refractivity contribution < 1.29 is 4.79 Å². The summed E-state index contributed by atoms with van der Waals surface area (Å²) >= 11 is 0. The minimum absolute atomic E-state index is 0.0565. The molecule has 2 aromatic rings. The van der Waals surface area contributed by atoms with Gasteiger partial charge in [0.1, 0.15) is 0 Å². The van der Waals surface area contributed by atoms with Gasteiger partial charge in [-0.1, -0.05) is 30.3 Å². The monoisotopic (exact) mass is 255 g/mol. The molecule has 1 heterocycles. The van der Waals surface area contributed by atoms with Crippen molar-refractivity contribution in [1.29, 1.82) is 0 Å². The van der Waals surface area contributed by atoms with Gasteiger partial charge in [0.15, 0.2) is 0 Å². The Hall–Kier alpha value is -2.20. The minimum atomic E-state index is -0.0948. The molecule has 0 saturated carbocycles. The first-order chi connectivity index (χ1) is 9.27. The molecule has 0 bridgehead atoms. The van der Waals surface area contributed by atoms with Crippen LogP contribution in [0.5, 0.6) is 0 Å². The standard InChI is InChI=1S/C15H17N3O/c16-14(12-4-2-1-3-5-12)8-11-18-15(19)13-6-9-17-10-7-13/h1-7,9-10,14H,8,11,16H2,(H,18,19). The van der Waals surface area contributed by atoms with Crippen LogP contribution in [0.4, 0.5) is 0 Å². The number of amides is 1. The van der Waals surface area contributed by atoms with Crippen molar-refractivity contribution in [1.82, 2.24) is 10.3 Å². The van der Waals surface area contributed by atoms with Crippen LogP contribution in [0.25, 0.3) is 0 Å². The summed E-state index contributed by atoms with van der Waals surface area (Å²) in [5, 5.41) is 2.85. The molecule has 0 saturated heterocycles. The van der Waals surface area contributed by atoms with Crippen molar-refractivity contribution in [3.63, 3.8) is 0 Å². The van der Waals surface area contributed by atoms with Crippen LogP contribution in [0.3, 0.4) is 0 Å². The zero-order valence-corrected chi connectivity index (χ0v) is 10.6. The molecule has 19 heavy (non-hydrogen) atoms. The van der Waals surface area contributed by atoms with E-state index < -0.39 is 0 Å². The molecular formula is C15H17N3O. The first-order valence-corrected chi connectivity index (χ1v) is 6.26. The lowest BCUT2D eigenvalue weighted by molar-refractivity contribution is 0.0952. The van der Waals surface area contributed by atoms with Crippen LogP contribution in [0.15, 0.2) is 54.9 Å². The summed E-state index contributed by atoms with van der Waals surface area (Å²) < 4.78 is 0. The number of nitrogens with zero attached hydrogens (tertiary/aromatic N) is 1. The molecule has 0 fully saturated rings. The Bertz CT molecular complexity index is 513. The van der Waals surface area contributed by atoms with Gasteiger partial charge in [-0.2, -0.15) is 0 Å². The van der Waals surface area contributed by atoms with E-state index in [-0.39, 0.29) is 11.9 Å². The summed E-state index contributed by atoms with van der Waals surface area (Å²) in [6, 6.07) is 13.2. The molecule has 2 rings (SSSR count). The largest absolute Gasteiger partial charge is 0.352 e. The predicted octanol–water partition coefficient (Wildman–Crippen LogP) is 1.90. The second-order valence-corrected chi connectivity index (χ2v) is 4.30. The number of carbonyl (C=O) groups is 1. The summed E-state index contributed by atoms with van der Waals surface area (Å²) in [5.41, 5.74) is 7.76. The summed E-state index contributed by atoms with van der Waals surface area (Å²) in [6.45, 7) is 0.553. The average molecular weight is 255 g/mol. The predicted molar refractivity (Wildman–Crippen MR) is 74.6 cm³/mol. The molecular weight excluding hydrogens is 238 g/mol. The third-order valence-electron chi connectivity index (χ3n) is 2.91. The van der Waals surface area contributed by atoms with Crippen LogP contribution in [0.2, 0.25) is 0 Å². The first-order valence-electron chi connectivity index (χ1n) is 6.26. The Kier molecular flexibility index (Phi) is 4.64. The van der Waals surface area contributed by atoms with E-state index in [1.807, 2.05) is 30.3 Å². The van der Waals surface area contributed by atoms with E-state index in [0.29, 0.717) is 18.5 Å². The topological polar surface area (TPSA) is 68.0 Å². The number of nitrogens with one attached hydrogen (secondary N) is 1. The van der Waals surface area contributed by atoms with E-state index in [1.54, 1.807) is 24.5 Å². The molecule has 1 aromatic heterocycles. The van der Waals surface area contributed by atoms with Crippen LogP contribution in [0.1, 0.15) is 28.4 Å². The highest BCUT2D eigenvalue weighted by atomic mass is 16.1. The highest BCUT2D eigenvalue weighted by Gasteiger charge is 2.07. The molecule has 0 aliphatic heterocycles. The summed E-state index contributed by atoms with van der Waals surface area (Å²) in [5.74, 6) is -0.0948. The number of pyridine rings is 1. The van der Waals surface area contributed by atoms with Crippen LogP contribution >= 0.6 is 0 Å². The van der Waals surface area contributed by atoms with Crippen LogP contribution in [0, 0.1) is 0 Å². The second kappa shape index (κ2) is 6.66. The lowest BCUT2D eigenvalue weighted by Gasteiger charge is -2.12. The van der Waals surface area contributed by atoms with Crippen molar-refractivity contribution in [2.24, 2.45) is 5.73 Å². The normalized spacial score (nSPS) is 11.8. The van der Waals surface area contributed by atoms with Gasteiger partial charge in [-0.15, -0.1) is 0 Å². The number of nitrogens with two attached hydrogens (primary N) is 1. The Morgan fingerprint density at radius 2 is 1.84 bits per heavy atom. The van der Waals surface area contributed by atoms with Gasteiger partial charge in [-0.25, -0.2) is 0 Å². The maximum atomic E-state index is 11.8.